The van der Waals surface area contributed by atoms with Gasteiger partial charge in [-0.1, -0.05) is 19.2 Å². The zero-order valence-corrected chi connectivity index (χ0v) is 14.5. The number of carbonyl (C=O) groups is 1. The normalized spacial score (nSPS) is 18.6. The molecule has 0 aromatic carbocycles. The summed E-state index contributed by atoms with van der Waals surface area (Å²) in [6, 6.07) is 3.15. The number of hydrogen-bond acceptors (Lipinski definition) is 5. The lowest BCUT2D eigenvalue weighted by Gasteiger charge is -2.37. The van der Waals surface area contributed by atoms with Crippen molar-refractivity contribution in [1.29, 1.82) is 0 Å². The van der Waals surface area contributed by atoms with Gasteiger partial charge in [0.05, 0.1) is 18.4 Å². The highest BCUT2D eigenvalue weighted by Crippen LogP contribution is 2.32. The molecule has 1 saturated heterocycles. The fourth-order valence-corrected chi connectivity index (χ4v) is 2.76. The fraction of sp³-hybridized carbons (Fsp3) is 0.263. The zero-order chi connectivity index (χ0) is 19.4. The molecule has 1 atom stereocenters. The smallest absolute Gasteiger partial charge is 0.287 e. The molecular formula is C19H18F2N4O2. The Kier molecular flexibility index (Phi) is 5.25. The van der Waals surface area contributed by atoms with Crippen molar-refractivity contribution in [3.05, 3.63) is 60.8 Å². The molecule has 0 bridgehead atoms. The molecule has 1 aliphatic rings. The summed E-state index contributed by atoms with van der Waals surface area (Å²) in [5.74, 6) is -3.52. The Hall–Kier alpha value is -3.16. The Morgan fingerprint density at radius 2 is 2.11 bits per heavy atom. The largest absolute Gasteiger partial charge is 0.466 e. The van der Waals surface area contributed by atoms with Crippen LogP contribution in [0.5, 0.6) is 5.88 Å². The van der Waals surface area contributed by atoms with Crippen LogP contribution in [0.3, 0.4) is 0 Å². The molecule has 1 aliphatic heterocycles. The van der Waals surface area contributed by atoms with Crippen molar-refractivity contribution in [2.75, 3.05) is 13.1 Å². The maximum absolute atomic E-state index is 14.4. The number of nitrogens with zero attached hydrogens (tertiary/aromatic N) is 4. The summed E-state index contributed by atoms with van der Waals surface area (Å²) in [4.78, 5) is 25.7. The standard InChI is InChI=1S/C19H18F2N4O2/c1-3-13-5-6-17(24-14(13)4-2)27-16-12-25(10-7-19(16,20)21)18(26)15-11-22-8-9-23-15/h3-6,8-9,11,16H,1-2,7,10,12H2. The van der Waals surface area contributed by atoms with Gasteiger partial charge in [0.1, 0.15) is 5.69 Å². The Morgan fingerprint density at radius 1 is 1.30 bits per heavy atom. The van der Waals surface area contributed by atoms with Gasteiger partial charge in [-0.25, -0.2) is 18.7 Å². The molecule has 0 saturated carbocycles. The van der Waals surface area contributed by atoms with Crippen LogP contribution in [-0.4, -0.2) is 50.9 Å². The van der Waals surface area contributed by atoms with Gasteiger partial charge in [-0.15, -0.1) is 0 Å². The van der Waals surface area contributed by atoms with Crippen molar-refractivity contribution in [3.8, 4) is 5.88 Å². The predicted octanol–water partition coefficient (Wildman–Crippen LogP) is 3.09. The molecule has 27 heavy (non-hydrogen) atoms. The second-order valence-corrected chi connectivity index (χ2v) is 5.99. The van der Waals surface area contributed by atoms with Crippen LogP contribution in [0.2, 0.25) is 0 Å². The lowest BCUT2D eigenvalue weighted by molar-refractivity contribution is -0.131. The SMILES string of the molecule is C=Cc1ccc(OC2CN(C(=O)c3cnccn3)CCC2(F)F)nc1C=C. The molecule has 1 fully saturated rings. The molecule has 3 heterocycles. The lowest BCUT2D eigenvalue weighted by atomic mass is 10.0. The van der Waals surface area contributed by atoms with E-state index in [4.69, 9.17) is 4.74 Å². The van der Waals surface area contributed by atoms with Crippen molar-refractivity contribution in [1.82, 2.24) is 19.9 Å². The average Bonchev–Trinajstić information content (AvgIpc) is 2.69. The van der Waals surface area contributed by atoms with Crippen LogP contribution >= 0.6 is 0 Å². The van der Waals surface area contributed by atoms with Gasteiger partial charge in [-0.3, -0.25) is 9.78 Å². The van der Waals surface area contributed by atoms with Gasteiger partial charge in [0, 0.05) is 31.4 Å². The summed E-state index contributed by atoms with van der Waals surface area (Å²) in [6.45, 7) is 6.93. The van der Waals surface area contributed by atoms with E-state index in [-0.39, 0.29) is 24.7 Å². The maximum atomic E-state index is 14.4. The molecular weight excluding hydrogens is 354 g/mol. The van der Waals surface area contributed by atoms with E-state index >= 15 is 0 Å². The molecule has 0 radical (unpaired) electrons. The first-order valence-corrected chi connectivity index (χ1v) is 8.30. The monoisotopic (exact) mass is 372 g/mol. The molecule has 2 aromatic rings. The predicted molar refractivity (Wildman–Crippen MR) is 96.3 cm³/mol. The zero-order valence-electron chi connectivity index (χ0n) is 14.5. The van der Waals surface area contributed by atoms with Gasteiger partial charge in [0.15, 0.2) is 6.10 Å². The number of ether oxygens (including phenoxy) is 1. The summed E-state index contributed by atoms with van der Waals surface area (Å²) < 4.78 is 34.2. The first kappa shape index (κ1) is 18.6. The Balaban J connectivity index is 1.79. The van der Waals surface area contributed by atoms with E-state index in [0.29, 0.717) is 11.3 Å². The first-order valence-electron chi connectivity index (χ1n) is 8.30. The molecule has 1 amide bonds. The second kappa shape index (κ2) is 7.61. The number of likely N-dealkylation sites (tertiary alicyclic amines) is 1. The van der Waals surface area contributed by atoms with Crippen molar-refractivity contribution < 1.29 is 18.3 Å². The van der Waals surface area contributed by atoms with Crippen molar-refractivity contribution >= 4 is 18.1 Å². The minimum Gasteiger partial charge on any atom is -0.466 e. The number of rotatable bonds is 5. The third-order valence-corrected chi connectivity index (χ3v) is 4.25. The molecule has 3 rings (SSSR count). The highest BCUT2D eigenvalue weighted by molar-refractivity contribution is 5.92. The maximum Gasteiger partial charge on any atom is 0.287 e. The molecule has 0 aliphatic carbocycles. The third-order valence-electron chi connectivity index (χ3n) is 4.25. The van der Waals surface area contributed by atoms with Crippen molar-refractivity contribution in [2.24, 2.45) is 0 Å². The van der Waals surface area contributed by atoms with E-state index in [1.807, 2.05) is 0 Å². The summed E-state index contributed by atoms with van der Waals surface area (Å²) in [5, 5.41) is 0. The first-order chi connectivity index (χ1) is 12.9. The van der Waals surface area contributed by atoms with Gasteiger partial charge in [-0.2, -0.15) is 0 Å². The number of halogens is 2. The topological polar surface area (TPSA) is 68.2 Å². The molecule has 8 heteroatoms. The number of alkyl halides is 2. The Morgan fingerprint density at radius 3 is 2.78 bits per heavy atom. The minimum absolute atomic E-state index is 0.0361. The van der Waals surface area contributed by atoms with Crippen LogP contribution in [0, 0.1) is 0 Å². The summed E-state index contributed by atoms with van der Waals surface area (Å²) >= 11 is 0. The van der Waals surface area contributed by atoms with Crippen molar-refractivity contribution in [3.63, 3.8) is 0 Å². The van der Waals surface area contributed by atoms with Gasteiger partial charge in [0.2, 0.25) is 5.88 Å². The molecule has 140 valence electrons. The molecule has 6 nitrogen and oxygen atoms in total. The number of aromatic nitrogens is 3. The number of carbonyl (C=O) groups excluding carboxylic acids is 1. The third kappa shape index (κ3) is 3.99. The van der Waals surface area contributed by atoms with E-state index in [9.17, 15) is 13.6 Å². The van der Waals surface area contributed by atoms with E-state index in [1.54, 1.807) is 12.1 Å². The van der Waals surface area contributed by atoms with Crippen molar-refractivity contribution in [2.45, 2.75) is 18.4 Å². The number of amides is 1. The highest BCUT2D eigenvalue weighted by Gasteiger charge is 2.47. The van der Waals surface area contributed by atoms with Crippen LogP contribution < -0.4 is 4.74 Å². The average molecular weight is 372 g/mol. The summed E-state index contributed by atoms with van der Waals surface area (Å²) in [5.41, 5.74) is 1.30. The van der Waals surface area contributed by atoms with Gasteiger partial charge in [0.25, 0.3) is 11.8 Å². The van der Waals surface area contributed by atoms with E-state index in [2.05, 4.69) is 28.1 Å². The van der Waals surface area contributed by atoms with Gasteiger partial charge >= 0.3 is 0 Å². The minimum atomic E-state index is -3.09. The Labute approximate surface area is 155 Å². The lowest BCUT2D eigenvalue weighted by Crippen LogP contribution is -2.55. The second-order valence-electron chi connectivity index (χ2n) is 5.99. The molecule has 0 N–H and O–H groups in total. The van der Waals surface area contributed by atoms with Gasteiger partial charge < -0.3 is 9.64 Å². The highest BCUT2D eigenvalue weighted by atomic mass is 19.3. The number of piperidine rings is 1. The van der Waals surface area contributed by atoms with Crippen LogP contribution in [-0.2, 0) is 0 Å². The fourth-order valence-electron chi connectivity index (χ4n) is 2.76. The molecule has 2 aromatic heterocycles. The molecule has 1 unspecified atom stereocenters. The van der Waals surface area contributed by atoms with Crippen LogP contribution in [0.15, 0.2) is 43.9 Å². The van der Waals surface area contributed by atoms with Gasteiger partial charge in [-0.05, 0) is 17.7 Å². The number of hydrogen-bond donors (Lipinski definition) is 0. The summed E-state index contributed by atoms with van der Waals surface area (Å²) in [6.07, 6.45) is 5.16. The molecule has 0 spiro atoms. The van der Waals surface area contributed by atoms with Crippen LogP contribution in [0.1, 0.15) is 28.2 Å². The van der Waals surface area contributed by atoms with E-state index in [0.717, 1.165) is 0 Å². The van der Waals surface area contributed by atoms with Crippen LogP contribution in [0.25, 0.3) is 12.2 Å². The van der Waals surface area contributed by atoms with E-state index in [1.165, 1.54) is 35.6 Å². The quantitative estimate of drug-likeness (QED) is 0.807. The van der Waals surface area contributed by atoms with E-state index < -0.39 is 24.4 Å². The Bertz CT molecular complexity index is 858. The van der Waals surface area contributed by atoms with Crippen LogP contribution in [0.4, 0.5) is 8.78 Å². The number of pyridine rings is 1. The summed E-state index contributed by atoms with van der Waals surface area (Å²) in [7, 11) is 0.